The van der Waals surface area contributed by atoms with Gasteiger partial charge >= 0.3 is 0 Å². The highest BCUT2D eigenvalue weighted by Crippen LogP contribution is 2.37. The van der Waals surface area contributed by atoms with E-state index >= 15 is 0 Å². The zero-order valence-corrected chi connectivity index (χ0v) is 13.0. The molecule has 0 aliphatic heterocycles. The van der Waals surface area contributed by atoms with Crippen LogP contribution in [-0.4, -0.2) is 16.3 Å². The van der Waals surface area contributed by atoms with Gasteiger partial charge in [0.05, 0.1) is 5.69 Å². The lowest BCUT2D eigenvalue weighted by Gasteiger charge is -2.29. The molecule has 112 valence electrons. The van der Waals surface area contributed by atoms with Crippen LogP contribution in [0.5, 0.6) is 0 Å². The maximum atomic E-state index is 4.33. The summed E-state index contributed by atoms with van der Waals surface area (Å²) < 4.78 is 2.00. The summed E-state index contributed by atoms with van der Waals surface area (Å²) in [7, 11) is 2.04. The maximum absolute atomic E-state index is 4.33. The molecule has 3 nitrogen and oxygen atoms in total. The second-order valence-electron chi connectivity index (χ2n) is 6.01. The number of aromatic nitrogens is 2. The molecule has 0 amide bonds. The van der Waals surface area contributed by atoms with Crippen LogP contribution in [0.25, 0.3) is 0 Å². The molecular weight excluding hydrogens is 258 g/mol. The summed E-state index contributed by atoms with van der Waals surface area (Å²) in [6.45, 7) is 3.17. The van der Waals surface area contributed by atoms with Crippen molar-refractivity contribution in [3.05, 3.63) is 53.3 Å². The Morgan fingerprint density at radius 1 is 1.33 bits per heavy atom. The predicted octanol–water partition coefficient (Wildman–Crippen LogP) is 3.58. The molecule has 3 rings (SSSR count). The van der Waals surface area contributed by atoms with E-state index in [2.05, 4.69) is 47.7 Å². The topological polar surface area (TPSA) is 29.9 Å². The first-order valence-electron chi connectivity index (χ1n) is 8.08. The number of nitrogens with zero attached hydrogens (tertiary/aromatic N) is 2. The molecule has 0 bridgehead atoms. The summed E-state index contributed by atoms with van der Waals surface area (Å²) in [6, 6.07) is 11.5. The van der Waals surface area contributed by atoms with E-state index in [1.807, 2.05) is 17.9 Å². The molecule has 2 atom stereocenters. The minimum Gasteiger partial charge on any atom is -0.309 e. The molecule has 21 heavy (non-hydrogen) atoms. The van der Waals surface area contributed by atoms with E-state index in [0.29, 0.717) is 12.0 Å². The summed E-state index contributed by atoms with van der Waals surface area (Å²) in [5.41, 5.74) is 4.41. The van der Waals surface area contributed by atoms with E-state index in [1.165, 1.54) is 25.0 Å². The first-order valence-corrected chi connectivity index (χ1v) is 8.08. The number of hydrogen-bond donors (Lipinski definition) is 1. The van der Waals surface area contributed by atoms with Crippen molar-refractivity contribution in [3.63, 3.8) is 0 Å². The van der Waals surface area contributed by atoms with E-state index in [-0.39, 0.29) is 0 Å². The molecule has 1 heterocycles. The van der Waals surface area contributed by atoms with Crippen LogP contribution in [0, 0.1) is 0 Å². The highest BCUT2D eigenvalue weighted by Gasteiger charge is 2.24. The Labute approximate surface area is 127 Å². The molecule has 2 unspecified atom stereocenters. The lowest BCUT2D eigenvalue weighted by Crippen LogP contribution is -2.26. The zero-order valence-electron chi connectivity index (χ0n) is 13.0. The fourth-order valence-corrected chi connectivity index (χ4v) is 3.66. The van der Waals surface area contributed by atoms with Crippen LogP contribution < -0.4 is 5.32 Å². The monoisotopic (exact) mass is 283 g/mol. The Hall–Kier alpha value is -1.61. The second kappa shape index (κ2) is 6.44. The number of benzene rings is 1. The molecule has 0 saturated heterocycles. The van der Waals surface area contributed by atoms with Crippen LogP contribution in [0.2, 0.25) is 0 Å². The summed E-state index contributed by atoms with van der Waals surface area (Å²) in [6.07, 6.45) is 6.91. The van der Waals surface area contributed by atoms with Crippen LogP contribution in [0.1, 0.15) is 55.0 Å². The van der Waals surface area contributed by atoms with Gasteiger partial charge in [-0.15, -0.1) is 0 Å². The Kier molecular flexibility index (Phi) is 4.39. The Balaban J connectivity index is 1.83. The minimum atomic E-state index is 0.388. The number of aryl methyl sites for hydroxylation is 2. The largest absolute Gasteiger partial charge is 0.309 e. The van der Waals surface area contributed by atoms with Gasteiger partial charge in [0.1, 0.15) is 0 Å². The Morgan fingerprint density at radius 2 is 2.19 bits per heavy atom. The van der Waals surface area contributed by atoms with Gasteiger partial charge in [-0.3, -0.25) is 4.68 Å². The lowest BCUT2D eigenvalue weighted by molar-refractivity contribution is 0.409. The molecule has 1 aliphatic carbocycles. The molecule has 0 fully saturated rings. The average Bonchev–Trinajstić information content (AvgIpc) is 2.93. The molecular formula is C18H25N3. The SMILES string of the molecule is CCNC(CC1CCCc2ccccc21)c1ccnn1C. The molecule has 1 aliphatic rings. The van der Waals surface area contributed by atoms with E-state index < -0.39 is 0 Å². The van der Waals surface area contributed by atoms with Gasteiger partial charge in [0.15, 0.2) is 0 Å². The van der Waals surface area contributed by atoms with E-state index in [4.69, 9.17) is 0 Å². The molecule has 2 aromatic rings. The van der Waals surface area contributed by atoms with Crippen LogP contribution in [0.15, 0.2) is 36.5 Å². The van der Waals surface area contributed by atoms with Crippen LogP contribution in [0.4, 0.5) is 0 Å². The zero-order chi connectivity index (χ0) is 14.7. The van der Waals surface area contributed by atoms with E-state index in [0.717, 1.165) is 13.0 Å². The van der Waals surface area contributed by atoms with Gasteiger partial charge in [0.2, 0.25) is 0 Å². The molecule has 3 heteroatoms. The number of fused-ring (bicyclic) bond motifs is 1. The van der Waals surface area contributed by atoms with Gasteiger partial charge in [-0.05, 0) is 55.3 Å². The van der Waals surface area contributed by atoms with Crippen molar-refractivity contribution < 1.29 is 0 Å². The standard InChI is InChI=1S/C18H25N3/c1-3-19-17(18-11-12-20-21(18)2)13-15-9-6-8-14-7-4-5-10-16(14)15/h4-5,7,10-12,15,17,19H,3,6,8-9,13H2,1-2H3. The van der Waals surface area contributed by atoms with Gasteiger partial charge in [0, 0.05) is 19.3 Å². The fourth-order valence-electron chi connectivity index (χ4n) is 3.66. The Morgan fingerprint density at radius 3 is 2.95 bits per heavy atom. The molecule has 1 aromatic carbocycles. The Bertz CT molecular complexity index is 588. The van der Waals surface area contributed by atoms with Crippen molar-refractivity contribution in [3.8, 4) is 0 Å². The van der Waals surface area contributed by atoms with E-state index in [9.17, 15) is 0 Å². The number of hydrogen-bond acceptors (Lipinski definition) is 2. The third-order valence-corrected chi connectivity index (χ3v) is 4.68. The van der Waals surface area contributed by atoms with Gasteiger partial charge in [-0.25, -0.2) is 0 Å². The minimum absolute atomic E-state index is 0.388. The maximum Gasteiger partial charge on any atom is 0.0550 e. The van der Waals surface area contributed by atoms with Crippen molar-refractivity contribution >= 4 is 0 Å². The third-order valence-electron chi connectivity index (χ3n) is 4.68. The van der Waals surface area contributed by atoms with Gasteiger partial charge in [-0.2, -0.15) is 5.10 Å². The fraction of sp³-hybridized carbons (Fsp3) is 0.500. The highest BCUT2D eigenvalue weighted by molar-refractivity contribution is 5.33. The molecule has 0 spiro atoms. The van der Waals surface area contributed by atoms with Crippen molar-refractivity contribution in [1.29, 1.82) is 0 Å². The van der Waals surface area contributed by atoms with Crippen molar-refractivity contribution in [2.75, 3.05) is 6.54 Å². The average molecular weight is 283 g/mol. The van der Waals surface area contributed by atoms with Crippen LogP contribution in [0.3, 0.4) is 0 Å². The van der Waals surface area contributed by atoms with Crippen molar-refractivity contribution in [2.45, 2.75) is 44.6 Å². The normalized spacial score (nSPS) is 19.2. The van der Waals surface area contributed by atoms with Crippen molar-refractivity contribution in [2.24, 2.45) is 7.05 Å². The van der Waals surface area contributed by atoms with E-state index in [1.54, 1.807) is 11.1 Å². The van der Waals surface area contributed by atoms with Gasteiger partial charge in [-0.1, -0.05) is 31.2 Å². The predicted molar refractivity (Wildman–Crippen MR) is 86.4 cm³/mol. The second-order valence-corrected chi connectivity index (χ2v) is 6.01. The first-order chi connectivity index (χ1) is 10.3. The molecule has 0 radical (unpaired) electrons. The summed E-state index contributed by atoms with van der Waals surface area (Å²) in [5, 5.41) is 7.98. The molecule has 1 aromatic heterocycles. The molecule has 0 saturated carbocycles. The smallest absolute Gasteiger partial charge is 0.0550 e. The molecule has 1 N–H and O–H groups in total. The van der Waals surface area contributed by atoms with Gasteiger partial charge in [0.25, 0.3) is 0 Å². The van der Waals surface area contributed by atoms with Crippen LogP contribution >= 0.6 is 0 Å². The number of rotatable bonds is 5. The highest BCUT2D eigenvalue weighted by atomic mass is 15.3. The van der Waals surface area contributed by atoms with Crippen LogP contribution in [-0.2, 0) is 13.5 Å². The summed E-state index contributed by atoms with van der Waals surface area (Å²) in [4.78, 5) is 0. The van der Waals surface area contributed by atoms with Crippen molar-refractivity contribution in [1.82, 2.24) is 15.1 Å². The third kappa shape index (κ3) is 3.03. The van der Waals surface area contributed by atoms with Gasteiger partial charge < -0.3 is 5.32 Å². The first kappa shape index (κ1) is 14.3. The number of nitrogens with one attached hydrogen (secondary N) is 1. The lowest BCUT2D eigenvalue weighted by atomic mass is 9.79. The summed E-state index contributed by atoms with van der Waals surface area (Å²) >= 11 is 0. The summed E-state index contributed by atoms with van der Waals surface area (Å²) in [5.74, 6) is 0.661. The quantitative estimate of drug-likeness (QED) is 0.909.